The summed E-state index contributed by atoms with van der Waals surface area (Å²) in [4.78, 5) is 0. The van der Waals surface area contributed by atoms with Gasteiger partial charge < -0.3 is 0 Å². The molecule has 0 heterocycles. The first-order valence-corrected chi connectivity index (χ1v) is 8.71. The van der Waals surface area contributed by atoms with E-state index in [-0.39, 0.29) is 0 Å². The van der Waals surface area contributed by atoms with Crippen molar-refractivity contribution in [3.8, 4) is 0 Å². The van der Waals surface area contributed by atoms with E-state index in [0.29, 0.717) is 24.9 Å². The van der Waals surface area contributed by atoms with E-state index >= 15 is 0 Å². The number of nitrogens with one attached hydrogen (secondary N) is 1. The van der Waals surface area contributed by atoms with Crippen molar-refractivity contribution in [1.82, 2.24) is 9.03 Å². The molecule has 4 nitrogen and oxygen atoms in total. The summed E-state index contributed by atoms with van der Waals surface area (Å²) >= 11 is 6.05. The lowest BCUT2D eigenvalue weighted by molar-refractivity contribution is 0.234. The summed E-state index contributed by atoms with van der Waals surface area (Å²) < 4.78 is 28.9. The van der Waals surface area contributed by atoms with E-state index in [4.69, 9.17) is 11.6 Å². The van der Waals surface area contributed by atoms with Gasteiger partial charge in [-0.15, -0.1) is 11.6 Å². The van der Waals surface area contributed by atoms with Crippen LogP contribution in [-0.2, 0) is 10.2 Å². The van der Waals surface area contributed by atoms with Gasteiger partial charge in [-0.2, -0.15) is 17.4 Å². The lowest BCUT2D eigenvalue weighted by Gasteiger charge is -2.40. The van der Waals surface area contributed by atoms with Crippen LogP contribution >= 0.6 is 11.6 Å². The molecule has 0 spiro atoms. The lowest BCUT2D eigenvalue weighted by Crippen LogP contribution is -2.56. The van der Waals surface area contributed by atoms with Gasteiger partial charge in [0.25, 0.3) is 10.2 Å². The third-order valence-corrected chi connectivity index (χ3v) is 6.14. The molecule has 0 saturated heterocycles. The van der Waals surface area contributed by atoms with Crippen LogP contribution in [0.15, 0.2) is 0 Å². The van der Waals surface area contributed by atoms with Gasteiger partial charge in [-0.3, -0.25) is 0 Å². The SMILES string of the molecule is CCN(CC)S(=O)(=O)NC1(CCl)CCCC(C)C1. The molecule has 0 aromatic rings. The number of hydrogen-bond acceptors (Lipinski definition) is 2. The average molecular weight is 297 g/mol. The van der Waals surface area contributed by atoms with Crippen LogP contribution in [0.25, 0.3) is 0 Å². The molecule has 0 aliphatic heterocycles. The Morgan fingerprint density at radius 2 is 2.00 bits per heavy atom. The Bertz CT molecular complexity index is 357. The van der Waals surface area contributed by atoms with Crippen LogP contribution < -0.4 is 4.72 Å². The highest BCUT2D eigenvalue weighted by atomic mass is 35.5. The number of halogens is 1. The Morgan fingerprint density at radius 1 is 1.39 bits per heavy atom. The maximum atomic E-state index is 12.3. The molecule has 0 aromatic carbocycles. The Hall–Kier alpha value is 0.160. The third-order valence-electron chi connectivity index (χ3n) is 3.74. The molecule has 6 heteroatoms. The highest BCUT2D eigenvalue weighted by Gasteiger charge is 2.38. The number of rotatable bonds is 6. The van der Waals surface area contributed by atoms with Crippen molar-refractivity contribution < 1.29 is 8.42 Å². The van der Waals surface area contributed by atoms with Gasteiger partial charge in [-0.05, 0) is 18.8 Å². The Labute approximate surface area is 116 Å². The predicted octanol–water partition coefficient (Wildman–Crippen LogP) is 2.35. The molecule has 1 aliphatic carbocycles. The molecule has 0 radical (unpaired) electrons. The van der Waals surface area contributed by atoms with Crippen molar-refractivity contribution in [3.63, 3.8) is 0 Å². The fourth-order valence-electron chi connectivity index (χ4n) is 2.80. The summed E-state index contributed by atoms with van der Waals surface area (Å²) in [7, 11) is -3.42. The standard InChI is InChI=1S/C12H25ClN2O2S/c1-4-15(5-2)18(16,17)14-12(10-13)8-6-7-11(3)9-12/h11,14H,4-10H2,1-3H3. The van der Waals surface area contributed by atoms with E-state index in [0.717, 1.165) is 25.7 Å². The van der Waals surface area contributed by atoms with E-state index in [1.54, 1.807) is 0 Å². The van der Waals surface area contributed by atoms with Gasteiger partial charge in [0.15, 0.2) is 0 Å². The van der Waals surface area contributed by atoms with Crippen molar-refractivity contribution >= 4 is 21.8 Å². The zero-order valence-electron chi connectivity index (χ0n) is 11.6. The zero-order valence-corrected chi connectivity index (χ0v) is 13.1. The summed E-state index contributed by atoms with van der Waals surface area (Å²) in [5.41, 5.74) is -0.458. The Balaban J connectivity index is 2.85. The largest absolute Gasteiger partial charge is 0.279 e. The van der Waals surface area contributed by atoms with E-state index in [1.165, 1.54) is 4.31 Å². The first-order valence-electron chi connectivity index (χ1n) is 6.74. The van der Waals surface area contributed by atoms with Gasteiger partial charge in [0.2, 0.25) is 0 Å². The first kappa shape index (κ1) is 16.2. The quantitative estimate of drug-likeness (QED) is 0.765. The molecule has 1 aliphatic rings. The molecule has 1 rings (SSSR count). The number of hydrogen-bond donors (Lipinski definition) is 1. The van der Waals surface area contributed by atoms with Crippen LogP contribution in [0.5, 0.6) is 0 Å². The van der Waals surface area contributed by atoms with Gasteiger partial charge in [0.05, 0.1) is 0 Å². The first-order chi connectivity index (χ1) is 8.39. The van der Waals surface area contributed by atoms with Gasteiger partial charge in [-0.1, -0.05) is 33.6 Å². The summed E-state index contributed by atoms with van der Waals surface area (Å²) in [6, 6.07) is 0. The van der Waals surface area contributed by atoms with Crippen molar-refractivity contribution in [3.05, 3.63) is 0 Å². The van der Waals surface area contributed by atoms with Crippen LogP contribution in [0, 0.1) is 5.92 Å². The average Bonchev–Trinajstić information content (AvgIpc) is 2.29. The molecule has 2 atom stereocenters. The molecule has 18 heavy (non-hydrogen) atoms. The molecule has 1 N–H and O–H groups in total. The molecular weight excluding hydrogens is 272 g/mol. The van der Waals surface area contributed by atoms with Crippen LogP contribution in [0.4, 0.5) is 0 Å². The fourth-order valence-corrected chi connectivity index (χ4v) is 4.81. The topological polar surface area (TPSA) is 49.4 Å². The van der Waals surface area contributed by atoms with Crippen molar-refractivity contribution in [2.45, 2.75) is 52.0 Å². The fraction of sp³-hybridized carbons (Fsp3) is 1.00. The van der Waals surface area contributed by atoms with Crippen molar-refractivity contribution in [2.24, 2.45) is 5.92 Å². The van der Waals surface area contributed by atoms with E-state index in [9.17, 15) is 8.42 Å². The predicted molar refractivity (Wildman–Crippen MR) is 76.1 cm³/mol. The van der Waals surface area contributed by atoms with Crippen LogP contribution in [-0.4, -0.2) is 37.2 Å². The van der Waals surface area contributed by atoms with E-state index < -0.39 is 15.7 Å². The van der Waals surface area contributed by atoms with E-state index in [1.807, 2.05) is 13.8 Å². The summed E-state index contributed by atoms with van der Waals surface area (Å²) in [6.45, 7) is 6.82. The smallest absolute Gasteiger partial charge is 0.195 e. The normalized spacial score (nSPS) is 29.7. The van der Waals surface area contributed by atoms with E-state index in [2.05, 4.69) is 11.6 Å². The summed E-state index contributed by atoms with van der Waals surface area (Å²) in [5.74, 6) is 0.870. The van der Waals surface area contributed by atoms with Gasteiger partial charge >= 0.3 is 0 Å². The van der Waals surface area contributed by atoms with Gasteiger partial charge in [0.1, 0.15) is 0 Å². The van der Waals surface area contributed by atoms with Crippen molar-refractivity contribution in [1.29, 1.82) is 0 Å². The number of alkyl halides is 1. The highest BCUT2D eigenvalue weighted by Crippen LogP contribution is 2.34. The Kier molecular flexibility index (Phi) is 5.90. The maximum absolute atomic E-state index is 12.3. The zero-order chi connectivity index (χ0) is 13.8. The summed E-state index contributed by atoms with van der Waals surface area (Å²) in [5, 5.41) is 0. The minimum Gasteiger partial charge on any atom is -0.195 e. The van der Waals surface area contributed by atoms with Crippen LogP contribution in [0.2, 0.25) is 0 Å². The Morgan fingerprint density at radius 3 is 2.44 bits per heavy atom. The van der Waals surface area contributed by atoms with Gasteiger partial charge in [-0.25, -0.2) is 0 Å². The molecular formula is C12H25ClN2O2S. The second kappa shape index (κ2) is 6.55. The second-order valence-electron chi connectivity index (χ2n) is 5.31. The minimum absolute atomic E-state index is 0.345. The van der Waals surface area contributed by atoms with Crippen LogP contribution in [0.3, 0.4) is 0 Å². The minimum atomic E-state index is -3.42. The van der Waals surface area contributed by atoms with Crippen molar-refractivity contribution in [2.75, 3.05) is 19.0 Å². The van der Waals surface area contributed by atoms with Crippen LogP contribution in [0.1, 0.15) is 46.5 Å². The molecule has 1 fully saturated rings. The molecule has 108 valence electrons. The molecule has 1 saturated carbocycles. The molecule has 0 bridgehead atoms. The highest BCUT2D eigenvalue weighted by molar-refractivity contribution is 7.87. The second-order valence-corrected chi connectivity index (χ2v) is 7.24. The third kappa shape index (κ3) is 3.83. The molecule has 0 aromatic heterocycles. The summed E-state index contributed by atoms with van der Waals surface area (Å²) in [6.07, 6.45) is 3.86. The monoisotopic (exact) mass is 296 g/mol. The molecule has 2 unspecified atom stereocenters. The molecule has 0 amide bonds. The lowest BCUT2D eigenvalue weighted by atomic mass is 9.78. The number of nitrogens with zero attached hydrogens (tertiary/aromatic N) is 1. The maximum Gasteiger partial charge on any atom is 0.279 e. The van der Waals surface area contributed by atoms with Gasteiger partial charge in [0, 0.05) is 24.5 Å².